The second kappa shape index (κ2) is 4.92. The first-order chi connectivity index (χ1) is 9.63. The van der Waals surface area contributed by atoms with Gasteiger partial charge in [0.2, 0.25) is 5.91 Å². The lowest BCUT2D eigenvalue weighted by Crippen LogP contribution is -2.43. The fourth-order valence-corrected chi connectivity index (χ4v) is 3.49. The average Bonchev–Trinajstić information content (AvgIpc) is 3.12. The zero-order valence-electron chi connectivity index (χ0n) is 11.3. The summed E-state index contributed by atoms with van der Waals surface area (Å²) in [6.45, 7) is 2.54. The van der Waals surface area contributed by atoms with Crippen molar-refractivity contribution in [3.05, 3.63) is 12.2 Å². The van der Waals surface area contributed by atoms with E-state index in [0.29, 0.717) is 6.61 Å². The third-order valence-corrected chi connectivity index (χ3v) is 4.33. The van der Waals surface area contributed by atoms with Gasteiger partial charge in [-0.3, -0.25) is 9.59 Å². The molecule has 108 valence electrons. The molecule has 0 unspecified atom stereocenters. The van der Waals surface area contributed by atoms with E-state index in [1.807, 2.05) is 12.2 Å². The summed E-state index contributed by atoms with van der Waals surface area (Å²) < 4.78 is 9.89. The summed E-state index contributed by atoms with van der Waals surface area (Å²) in [5, 5.41) is 0. The highest BCUT2D eigenvalue weighted by Crippen LogP contribution is 2.49. The smallest absolute Gasteiger partial charge is 0.416 e. The number of cyclic esters (lactones) is 1. The Kier molecular flexibility index (Phi) is 3.23. The van der Waals surface area contributed by atoms with Gasteiger partial charge in [0.05, 0.1) is 25.0 Å². The minimum absolute atomic E-state index is 0.0234. The van der Waals surface area contributed by atoms with Crippen LogP contribution >= 0.6 is 0 Å². The lowest BCUT2D eigenvalue weighted by molar-refractivity contribution is -0.154. The first-order valence-corrected chi connectivity index (χ1v) is 6.96. The number of amides is 2. The lowest BCUT2D eigenvalue weighted by Gasteiger charge is -2.27. The molecule has 0 aromatic carbocycles. The Morgan fingerprint density at radius 2 is 2.05 bits per heavy atom. The highest BCUT2D eigenvalue weighted by molar-refractivity contribution is 5.97. The topological polar surface area (TPSA) is 72.9 Å². The van der Waals surface area contributed by atoms with E-state index in [9.17, 15) is 14.4 Å². The van der Waals surface area contributed by atoms with E-state index >= 15 is 0 Å². The molecule has 0 spiro atoms. The summed E-state index contributed by atoms with van der Waals surface area (Å²) in [6.07, 6.45) is 4.13. The van der Waals surface area contributed by atoms with Crippen molar-refractivity contribution in [2.75, 3.05) is 19.8 Å². The Bertz CT molecular complexity index is 486. The monoisotopic (exact) mass is 279 g/mol. The molecule has 4 atom stereocenters. The molecule has 2 bridgehead atoms. The standard InChI is InChI=1S/C14H17NO5/c1-2-19-13(17)11-9-4-3-8(7-9)10(11)12(16)15-5-6-20-14(15)18/h3-4,8-11H,2,5-7H2,1H3/t8-,9+,10-,11-/m1/s1. The summed E-state index contributed by atoms with van der Waals surface area (Å²) in [7, 11) is 0. The number of rotatable bonds is 3. The Morgan fingerprint density at radius 1 is 1.35 bits per heavy atom. The van der Waals surface area contributed by atoms with Gasteiger partial charge in [0, 0.05) is 0 Å². The van der Waals surface area contributed by atoms with Crippen LogP contribution in [0.2, 0.25) is 0 Å². The first-order valence-electron chi connectivity index (χ1n) is 6.96. The van der Waals surface area contributed by atoms with Crippen molar-refractivity contribution >= 4 is 18.0 Å². The maximum absolute atomic E-state index is 12.6. The number of esters is 1. The Labute approximate surface area is 116 Å². The van der Waals surface area contributed by atoms with Crippen molar-refractivity contribution in [2.45, 2.75) is 13.3 Å². The summed E-state index contributed by atoms with van der Waals surface area (Å²) >= 11 is 0. The molecule has 1 saturated carbocycles. The van der Waals surface area contributed by atoms with E-state index in [4.69, 9.17) is 9.47 Å². The number of allylic oxidation sites excluding steroid dienone is 2. The largest absolute Gasteiger partial charge is 0.466 e. The van der Waals surface area contributed by atoms with Gasteiger partial charge in [-0.2, -0.15) is 0 Å². The van der Waals surface area contributed by atoms with Crippen LogP contribution in [0.3, 0.4) is 0 Å². The van der Waals surface area contributed by atoms with Gasteiger partial charge in [0.25, 0.3) is 0 Å². The van der Waals surface area contributed by atoms with Crippen LogP contribution in [-0.2, 0) is 19.1 Å². The molecular formula is C14H17NO5. The normalized spacial score (nSPS) is 34.5. The van der Waals surface area contributed by atoms with Gasteiger partial charge < -0.3 is 9.47 Å². The molecule has 2 amide bonds. The van der Waals surface area contributed by atoms with Crippen molar-refractivity contribution in [1.82, 2.24) is 4.90 Å². The SMILES string of the molecule is CCOC(=O)[C@H]1[C@H](C(=O)N2CCOC2=O)[C@@H]2C=C[C@H]1C2. The number of imide groups is 1. The number of carbonyl (C=O) groups excluding carboxylic acids is 3. The van der Waals surface area contributed by atoms with Gasteiger partial charge in [0.15, 0.2) is 0 Å². The zero-order valence-corrected chi connectivity index (χ0v) is 11.3. The van der Waals surface area contributed by atoms with E-state index in [1.54, 1.807) is 6.92 Å². The van der Waals surface area contributed by atoms with E-state index in [1.165, 1.54) is 0 Å². The number of nitrogens with zero attached hydrogens (tertiary/aromatic N) is 1. The molecule has 6 nitrogen and oxygen atoms in total. The van der Waals surface area contributed by atoms with Crippen LogP contribution in [0.15, 0.2) is 12.2 Å². The molecule has 2 fully saturated rings. The summed E-state index contributed by atoms with van der Waals surface area (Å²) in [6, 6.07) is 0. The highest BCUT2D eigenvalue weighted by Gasteiger charge is 2.54. The molecule has 0 aromatic heterocycles. The van der Waals surface area contributed by atoms with E-state index in [-0.39, 0.29) is 36.9 Å². The number of hydrogen-bond donors (Lipinski definition) is 0. The summed E-state index contributed by atoms with van der Waals surface area (Å²) in [4.78, 5) is 37.3. The molecule has 0 aromatic rings. The van der Waals surface area contributed by atoms with Crippen LogP contribution in [0, 0.1) is 23.7 Å². The average molecular weight is 279 g/mol. The van der Waals surface area contributed by atoms with Crippen LogP contribution in [0.1, 0.15) is 13.3 Å². The van der Waals surface area contributed by atoms with Crippen molar-refractivity contribution in [3.8, 4) is 0 Å². The molecule has 1 heterocycles. The third kappa shape index (κ3) is 1.90. The fourth-order valence-electron chi connectivity index (χ4n) is 3.49. The maximum Gasteiger partial charge on any atom is 0.416 e. The number of carbonyl (C=O) groups is 3. The van der Waals surface area contributed by atoms with Gasteiger partial charge in [-0.15, -0.1) is 0 Å². The second-order valence-electron chi connectivity index (χ2n) is 5.36. The maximum atomic E-state index is 12.6. The summed E-state index contributed by atoms with van der Waals surface area (Å²) in [5.74, 6) is -1.53. The number of ether oxygens (including phenoxy) is 2. The van der Waals surface area contributed by atoms with Crippen LogP contribution in [0.25, 0.3) is 0 Å². The molecule has 20 heavy (non-hydrogen) atoms. The first kappa shape index (κ1) is 13.1. The van der Waals surface area contributed by atoms with Crippen molar-refractivity contribution in [1.29, 1.82) is 0 Å². The minimum Gasteiger partial charge on any atom is -0.466 e. The zero-order chi connectivity index (χ0) is 14.3. The molecule has 0 radical (unpaired) electrons. The summed E-state index contributed by atoms with van der Waals surface area (Å²) in [5.41, 5.74) is 0. The Hall–Kier alpha value is -1.85. The molecule has 3 aliphatic rings. The third-order valence-electron chi connectivity index (χ3n) is 4.33. The molecule has 1 saturated heterocycles. The quantitative estimate of drug-likeness (QED) is 0.568. The minimum atomic E-state index is -0.607. The van der Waals surface area contributed by atoms with Crippen LogP contribution < -0.4 is 0 Å². The number of fused-ring (bicyclic) bond motifs is 2. The molecule has 3 rings (SSSR count). The van der Waals surface area contributed by atoms with E-state index in [0.717, 1.165) is 11.3 Å². The molecule has 2 aliphatic carbocycles. The fraction of sp³-hybridized carbons (Fsp3) is 0.643. The van der Waals surface area contributed by atoms with E-state index in [2.05, 4.69) is 0 Å². The molecule has 6 heteroatoms. The predicted molar refractivity (Wildman–Crippen MR) is 67.4 cm³/mol. The molecular weight excluding hydrogens is 262 g/mol. The van der Waals surface area contributed by atoms with Crippen molar-refractivity contribution in [2.24, 2.45) is 23.7 Å². The van der Waals surface area contributed by atoms with Gasteiger partial charge in [-0.25, -0.2) is 9.69 Å². The van der Waals surface area contributed by atoms with Crippen LogP contribution in [-0.4, -0.2) is 42.6 Å². The number of hydrogen-bond acceptors (Lipinski definition) is 5. The molecule has 0 N–H and O–H groups in total. The second-order valence-corrected chi connectivity index (χ2v) is 5.36. The van der Waals surface area contributed by atoms with Gasteiger partial charge in [-0.1, -0.05) is 12.2 Å². The van der Waals surface area contributed by atoms with Gasteiger partial charge >= 0.3 is 12.1 Å². The molecule has 1 aliphatic heterocycles. The highest BCUT2D eigenvalue weighted by atomic mass is 16.6. The Morgan fingerprint density at radius 3 is 2.65 bits per heavy atom. The van der Waals surface area contributed by atoms with Crippen LogP contribution in [0.4, 0.5) is 4.79 Å². The van der Waals surface area contributed by atoms with Gasteiger partial charge in [-0.05, 0) is 25.2 Å². The Balaban J connectivity index is 1.83. The van der Waals surface area contributed by atoms with Crippen LogP contribution in [0.5, 0.6) is 0 Å². The predicted octanol–water partition coefficient (Wildman–Crippen LogP) is 0.967. The van der Waals surface area contributed by atoms with E-state index < -0.39 is 17.9 Å². The lowest BCUT2D eigenvalue weighted by atomic mass is 9.82. The van der Waals surface area contributed by atoms with Gasteiger partial charge in [0.1, 0.15) is 6.61 Å². The van der Waals surface area contributed by atoms with Crippen molar-refractivity contribution in [3.63, 3.8) is 0 Å². The van der Waals surface area contributed by atoms with Crippen molar-refractivity contribution < 1.29 is 23.9 Å².